The standard InChI is InChI=1S/C18H10Cl2N4O2/c19-9-5-6-12(14(20)7-9)15-13(8-21)16(22)24-18(26)11-4-2-1-3-10(11)17(25)23(15)24/h1-7,15H,22H2. The van der Waals surface area contributed by atoms with Crippen molar-refractivity contribution in [3.63, 3.8) is 0 Å². The van der Waals surface area contributed by atoms with Crippen LogP contribution in [0.2, 0.25) is 10.0 Å². The SMILES string of the molecule is N#CC1=C(N)n2c(=O)c3ccccc3c(=O)n2C1c1ccc(Cl)cc1Cl. The Balaban J connectivity index is 2.17. The first kappa shape index (κ1) is 16.5. The van der Waals surface area contributed by atoms with Gasteiger partial charge in [0.1, 0.15) is 23.5 Å². The van der Waals surface area contributed by atoms with Crippen molar-refractivity contribution < 1.29 is 0 Å². The van der Waals surface area contributed by atoms with E-state index in [-0.39, 0.29) is 27.2 Å². The van der Waals surface area contributed by atoms with Crippen molar-refractivity contribution in [1.29, 1.82) is 5.26 Å². The summed E-state index contributed by atoms with van der Waals surface area (Å²) in [6, 6.07) is 12.3. The highest BCUT2D eigenvalue weighted by molar-refractivity contribution is 6.35. The fourth-order valence-electron chi connectivity index (χ4n) is 3.25. The third-order valence-electron chi connectivity index (χ3n) is 4.40. The van der Waals surface area contributed by atoms with Gasteiger partial charge in [-0.15, -0.1) is 0 Å². The lowest BCUT2D eigenvalue weighted by atomic mass is 10.0. The van der Waals surface area contributed by atoms with Gasteiger partial charge in [-0.05, 0) is 24.3 Å². The fraction of sp³-hybridized carbons (Fsp3) is 0.0556. The first-order valence-electron chi connectivity index (χ1n) is 7.57. The summed E-state index contributed by atoms with van der Waals surface area (Å²) in [4.78, 5) is 26.0. The van der Waals surface area contributed by atoms with Crippen LogP contribution < -0.4 is 16.9 Å². The molecule has 128 valence electrons. The molecule has 2 N–H and O–H groups in total. The van der Waals surface area contributed by atoms with E-state index in [1.807, 2.05) is 6.07 Å². The molecule has 0 aliphatic carbocycles. The van der Waals surface area contributed by atoms with E-state index in [2.05, 4.69) is 0 Å². The lowest BCUT2D eigenvalue weighted by molar-refractivity contribution is 0.539. The smallest absolute Gasteiger partial charge is 0.279 e. The van der Waals surface area contributed by atoms with Crippen LogP contribution in [0.5, 0.6) is 0 Å². The van der Waals surface area contributed by atoms with Gasteiger partial charge in [0.15, 0.2) is 0 Å². The van der Waals surface area contributed by atoms with Crippen LogP contribution >= 0.6 is 23.2 Å². The molecule has 2 heterocycles. The third kappa shape index (κ3) is 2.11. The molecule has 0 amide bonds. The largest absolute Gasteiger partial charge is 0.383 e. The van der Waals surface area contributed by atoms with Crippen LogP contribution in [0, 0.1) is 11.3 Å². The number of nitriles is 1. The molecule has 6 nitrogen and oxygen atoms in total. The molecule has 8 heteroatoms. The van der Waals surface area contributed by atoms with E-state index >= 15 is 0 Å². The zero-order valence-electron chi connectivity index (χ0n) is 13.1. The van der Waals surface area contributed by atoms with Crippen molar-refractivity contribution in [2.24, 2.45) is 5.73 Å². The Morgan fingerprint density at radius 1 is 1.04 bits per heavy atom. The molecule has 2 aromatic carbocycles. The number of aromatic nitrogens is 2. The van der Waals surface area contributed by atoms with E-state index in [1.165, 1.54) is 10.7 Å². The molecule has 26 heavy (non-hydrogen) atoms. The van der Waals surface area contributed by atoms with Gasteiger partial charge in [-0.25, -0.2) is 4.68 Å². The van der Waals surface area contributed by atoms with E-state index in [4.69, 9.17) is 28.9 Å². The van der Waals surface area contributed by atoms with Crippen molar-refractivity contribution in [2.45, 2.75) is 6.04 Å². The lowest BCUT2D eigenvalue weighted by Gasteiger charge is -2.17. The van der Waals surface area contributed by atoms with E-state index in [0.29, 0.717) is 10.6 Å². The number of hydrogen-bond donors (Lipinski definition) is 1. The van der Waals surface area contributed by atoms with Gasteiger partial charge < -0.3 is 5.73 Å². The summed E-state index contributed by atoms with van der Waals surface area (Å²) in [6.45, 7) is 0. The zero-order chi connectivity index (χ0) is 18.6. The molecule has 1 atom stereocenters. The average Bonchev–Trinajstić information content (AvgIpc) is 2.92. The molecule has 1 aliphatic rings. The molecule has 1 unspecified atom stereocenters. The molecule has 1 aliphatic heterocycles. The second kappa shape index (κ2) is 5.77. The summed E-state index contributed by atoms with van der Waals surface area (Å²) in [6.07, 6.45) is 0. The molecule has 1 aromatic heterocycles. The molecular formula is C18H10Cl2N4O2. The highest BCUT2D eigenvalue weighted by atomic mass is 35.5. The summed E-state index contributed by atoms with van der Waals surface area (Å²) in [7, 11) is 0. The average molecular weight is 385 g/mol. The zero-order valence-corrected chi connectivity index (χ0v) is 14.6. The molecule has 0 radical (unpaired) electrons. The van der Waals surface area contributed by atoms with E-state index in [9.17, 15) is 14.9 Å². The lowest BCUT2D eigenvalue weighted by Crippen LogP contribution is -2.38. The minimum absolute atomic E-state index is 0.0729. The maximum Gasteiger partial charge on any atom is 0.279 e. The van der Waals surface area contributed by atoms with Crippen LogP contribution in [0.1, 0.15) is 11.6 Å². The second-order valence-electron chi connectivity index (χ2n) is 5.79. The maximum absolute atomic E-state index is 13.1. The highest BCUT2D eigenvalue weighted by Crippen LogP contribution is 2.36. The summed E-state index contributed by atoms with van der Waals surface area (Å²) >= 11 is 12.2. The Hall–Kier alpha value is -3.01. The molecule has 0 fully saturated rings. The first-order valence-corrected chi connectivity index (χ1v) is 8.33. The van der Waals surface area contributed by atoms with E-state index < -0.39 is 17.2 Å². The number of hydrogen-bond acceptors (Lipinski definition) is 4. The summed E-state index contributed by atoms with van der Waals surface area (Å²) in [5.74, 6) is -0.0867. The first-order chi connectivity index (χ1) is 12.5. The van der Waals surface area contributed by atoms with Crippen LogP contribution in [0.3, 0.4) is 0 Å². The van der Waals surface area contributed by atoms with E-state index in [1.54, 1.807) is 36.4 Å². The van der Waals surface area contributed by atoms with Crippen LogP contribution in [0.25, 0.3) is 16.6 Å². The monoisotopic (exact) mass is 384 g/mol. The van der Waals surface area contributed by atoms with Crippen molar-refractivity contribution >= 4 is 39.8 Å². The molecule has 4 rings (SSSR count). The van der Waals surface area contributed by atoms with Gasteiger partial charge in [0.05, 0.1) is 10.8 Å². The van der Waals surface area contributed by atoms with Gasteiger partial charge in [-0.1, -0.05) is 41.4 Å². The molecule has 3 aromatic rings. The Labute approximate surface area is 156 Å². The molecule has 0 saturated carbocycles. The fourth-order valence-corrected chi connectivity index (χ4v) is 3.76. The quantitative estimate of drug-likeness (QED) is 0.697. The van der Waals surface area contributed by atoms with Gasteiger partial charge in [-0.3, -0.25) is 9.59 Å². The van der Waals surface area contributed by atoms with Crippen molar-refractivity contribution in [1.82, 2.24) is 9.36 Å². The number of halogens is 2. The summed E-state index contributed by atoms with van der Waals surface area (Å²) < 4.78 is 2.21. The number of allylic oxidation sites excluding steroid dienone is 1. The minimum Gasteiger partial charge on any atom is -0.383 e. The minimum atomic E-state index is -0.908. The van der Waals surface area contributed by atoms with Crippen LogP contribution in [-0.4, -0.2) is 9.36 Å². The van der Waals surface area contributed by atoms with Crippen LogP contribution in [-0.2, 0) is 0 Å². The Morgan fingerprint density at radius 2 is 1.69 bits per heavy atom. The van der Waals surface area contributed by atoms with Crippen LogP contribution in [0.4, 0.5) is 0 Å². The van der Waals surface area contributed by atoms with Crippen LogP contribution in [0.15, 0.2) is 57.6 Å². The highest BCUT2D eigenvalue weighted by Gasteiger charge is 2.35. The Morgan fingerprint density at radius 3 is 2.31 bits per heavy atom. The predicted molar refractivity (Wildman–Crippen MR) is 100 cm³/mol. The van der Waals surface area contributed by atoms with Gasteiger partial charge in [0, 0.05) is 15.6 Å². The molecule has 0 bridgehead atoms. The van der Waals surface area contributed by atoms with Crippen molar-refractivity contribution in [2.75, 3.05) is 0 Å². The number of nitrogens with zero attached hydrogens (tertiary/aromatic N) is 3. The molecule has 0 saturated heterocycles. The second-order valence-corrected chi connectivity index (χ2v) is 6.63. The maximum atomic E-state index is 13.1. The summed E-state index contributed by atoms with van der Waals surface area (Å²) in [5.41, 5.74) is 5.68. The van der Waals surface area contributed by atoms with Gasteiger partial charge in [0.25, 0.3) is 11.1 Å². The number of rotatable bonds is 1. The predicted octanol–water partition coefficient (Wildman–Crippen LogP) is 2.72. The van der Waals surface area contributed by atoms with Crippen molar-refractivity contribution in [3.8, 4) is 6.07 Å². The number of benzene rings is 2. The van der Waals surface area contributed by atoms with Gasteiger partial charge >= 0.3 is 0 Å². The molecular weight excluding hydrogens is 375 g/mol. The number of nitrogens with two attached hydrogens (primary N) is 1. The summed E-state index contributed by atoms with van der Waals surface area (Å²) in [5, 5.41) is 10.8. The van der Waals surface area contributed by atoms with Crippen molar-refractivity contribution in [3.05, 3.63) is 84.4 Å². The number of fused-ring (bicyclic) bond motifs is 2. The normalized spacial score (nSPS) is 16.0. The van der Waals surface area contributed by atoms with Gasteiger partial charge in [-0.2, -0.15) is 9.94 Å². The Kier molecular flexibility index (Phi) is 3.65. The third-order valence-corrected chi connectivity index (χ3v) is 4.97. The molecule has 0 spiro atoms. The van der Waals surface area contributed by atoms with E-state index in [0.717, 1.165) is 4.68 Å². The Bertz CT molecular complexity index is 1280. The van der Waals surface area contributed by atoms with Gasteiger partial charge in [0.2, 0.25) is 0 Å². The topological polar surface area (TPSA) is 93.8 Å².